The van der Waals surface area contributed by atoms with Gasteiger partial charge in [-0.25, -0.2) is 9.78 Å². The Morgan fingerprint density at radius 3 is 2.63 bits per heavy atom. The molecule has 1 unspecified atom stereocenters. The van der Waals surface area contributed by atoms with Gasteiger partial charge in [0.1, 0.15) is 11.7 Å². The van der Waals surface area contributed by atoms with Gasteiger partial charge in [0.05, 0.1) is 37.3 Å². The smallest absolute Gasteiger partial charge is 0.328 e. The van der Waals surface area contributed by atoms with Crippen molar-refractivity contribution in [3.05, 3.63) is 108 Å². The largest absolute Gasteiger partial charge is 0.467 e. The second-order valence-electron chi connectivity index (χ2n) is 10.0. The molecule has 5 rings (SSSR count). The molecule has 2 heterocycles. The predicted molar refractivity (Wildman–Crippen MR) is 170 cm³/mol. The first-order valence-electron chi connectivity index (χ1n) is 13.8. The van der Waals surface area contributed by atoms with E-state index in [1.165, 1.54) is 7.11 Å². The standard InChI is InChI=1S/C33H32N6O3S/c1-42-33(41)29(14-15-43-2)38-32(40)31-30(24-6-4-3-5-7-24)27-16-25(12-13-28(27)37-31)36-19-26-18-35-21-39(26)20-23-10-8-22(17-34)9-11-23/h3-13,16,18,21,29,36-37H,14-15,19-20H2,1-2H3,(H,38,40). The second kappa shape index (κ2) is 13.8. The van der Waals surface area contributed by atoms with Crippen molar-refractivity contribution < 1.29 is 14.3 Å². The molecule has 0 radical (unpaired) electrons. The zero-order valence-corrected chi connectivity index (χ0v) is 24.8. The number of ether oxygens (including phenoxy) is 1. The molecular weight excluding hydrogens is 560 g/mol. The van der Waals surface area contributed by atoms with E-state index >= 15 is 0 Å². The van der Waals surface area contributed by atoms with E-state index in [1.54, 1.807) is 18.1 Å². The third-order valence-electron chi connectivity index (χ3n) is 7.20. The maximum absolute atomic E-state index is 13.6. The van der Waals surface area contributed by atoms with Gasteiger partial charge in [-0.2, -0.15) is 17.0 Å². The van der Waals surface area contributed by atoms with Gasteiger partial charge >= 0.3 is 5.97 Å². The minimum absolute atomic E-state index is 0.368. The summed E-state index contributed by atoms with van der Waals surface area (Å²) in [5, 5.41) is 16.3. The van der Waals surface area contributed by atoms with Gasteiger partial charge in [-0.3, -0.25) is 4.79 Å². The van der Waals surface area contributed by atoms with Crippen LogP contribution in [0.15, 0.2) is 85.3 Å². The number of hydrogen-bond acceptors (Lipinski definition) is 7. The SMILES string of the molecule is COC(=O)C(CCSC)NC(=O)c1[nH]c2ccc(NCc3cncn3Cc3ccc(C#N)cc3)cc2c1-c1ccccc1. The van der Waals surface area contributed by atoms with Crippen LogP contribution in [0.1, 0.15) is 33.7 Å². The number of nitrogens with one attached hydrogen (secondary N) is 3. The summed E-state index contributed by atoms with van der Waals surface area (Å²) < 4.78 is 7.01. The van der Waals surface area contributed by atoms with Crippen LogP contribution in [0.2, 0.25) is 0 Å². The van der Waals surface area contributed by atoms with Crippen LogP contribution in [0.4, 0.5) is 5.69 Å². The van der Waals surface area contributed by atoms with E-state index in [9.17, 15) is 9.59 Å². The zero-order chi connectivity index (χ0) is 30.2. The minimum atomic E-state index is -0.744. The third kappa shape index (κ3) is 6.90. The van der Waals surface area contributed by atoms with Crippen LogP contribution in [-0.2, 0) is 22.6 Å². The van der Waals surface area contributed by atoms with Crippen LogP contribution in [-0.4, -0.2) is 51.6 Å². The number of anilines is 1. The number of H-pyrrole nitrogens is 1. The Bertz CT molecular complexity index is 1760. The normalized spacial score (nSPS) is 11.6. The molecule has 218 valence electrons. The molecule has 0 aliphatic carbocycles. The number of aromatic amines is 1. The van der Waals surface area contributed by atoms with Crippen LogP contribution in [0, 0.1) is 11.3 Å². The van der Waals surface area contributed by atoms with Crippen LogP contribution in [0.5, 0.6) is 0 Å². The molecule has 43 heavy (non-hydrogen) atoms. The number of benzene rings is 3. The molecule has 5 aromatic rings. The third-order valence-corrected chi connectivity index (χ3v) is 7.84. The van der Waals surface area contributed by atoms with E-state index in [0.29, 0.717) is 36.5 Å². The van der Waals surface area contributed by atoms with E-state index in [0.717, 1.165) is 39.0 Å². The fourth-order valence-electron chi connectivity index (χ4n) is 4.95. The lowest BCUT2D eigenvalue weighted by Crippen LogP contribution is -2.42. The van der Waals surface area contributed by atoms with Crippen molar-refractivity contribution in [1.29, 1.82) is 5.26 Å². The number of carbonyl (C=O) groups excluding carboxylic acids is 2. The molecule has 0 fully saturated rings. The number of rotatable bonds is 12. The van der Waals surface area contributed by atoms with Gasteiger partial charge in [0.2, 0.25) is 0 Å². The molecule has 0 spiro atoms. The average Bonchev–Trinajstić information content (AvgIpc) is 3.66. The van der Waals surface area contributed by atoms with E-state index < -0.39 is 12.0 Å². The molecular formula is C33H32N6O3S. The zero-order valence-electron chi connectivity index (χ0n) is 24.0. The van der Waals surface area contributed by atoms with Gasteiger partial charge in [0, 0.05) is 34.9 Å². The number of methoxy groups -OCH3 is 1. The van der Waals surface area contributed by atoms with Crippen molar-refractivity contribution in [3.63, 3.8) is 0 Å². The average molecular weight is 593 g/mol. The summed E-state index contributed by atoms with van der Waals surface area (Å²) in [5.74, 6) is -0.128. The Hall–Kier alpha value is -5.01. The Morgan fingerprint density at radius 1 is 1.12 bits per heavy atom. The number of amides is 1. The van der Waals surface area contributed by atoms with E-state index in [1.807, 2.05) is 85.2 Å². The number of nitrogens with zero attached hydrogens (tertiary/aromatic N) is 3. The molecule has 10 heteroatoms. The van der Waals surface area contributed by atoms with E-state index in [2.05, 4.69) is 31.2 Å². The summed E-state index contributed by atoms with van der Waals surface area (Å²) in [6, 6.07) is 24.6. The summed E-state index contributed by atoms with van der Waals surface area (Å²) in [5.41, 5.74) is 6.43. The van der Waals surface area contributed by atoms with Gasteiger partial charge in [-0.05, 0) is 59.9 Å². The Morgan fingerprint density at radius 2 is 1.91 bits per heavy atom. The Balaban J connectivity index is 1.41. The number of fused-ring (bicyclic) bond motifs is 1. The van der Waals surface area contributed by atoms with E-state index in [-0.39, 0.29) is 5.91 Å². The monoisotopic (exact) mass is 592 g/mol. The quantitative estimate of drug-likeness (QED) is 0.161. The van der Waals surface area contributed by atoms with Crippen LogP contribution in [0.3, 0.4) is 0 Å². The van der Waals surface area contributed by atoms with E-state index in [4.69, 9.17) is 10.00 Å². The number of nitriles is 1. The molecule has 0 bridgehead atoms. The lowest BCUT2D eigenvalue weighted by Gasteiger charge is -2.16. The highest BCUT2D eigenvalue weighted by Crippen LogP contribution is 2.34. The summed E-state index contributed by atoms with van der Waals surface area (Å²) >= 11 is 1.60. The van der Waals surface area contributed by atoms with Crippen molar-refractivity contribution in [2.45, 2.75) is 25.6 Å². The highest BCUT2D eigenvalue weighted by Gasteiger charge is 2.25. The number of thioether (sulfide) groups is 1. The number of esters is 1. The topological polar surface area (TPSA) is 125 Å². The van der Waals surface area contributed by atoms with Gasteiger partial charge in [0.25, 0.3) is 5.91 Å². The lowest BCUT2D eigenvalue weighted by atomic mass is 10.0. The first-order valence-corrected chi connectivity index (χ1v) is 15.2. The number of carbonyl (C=O) groups is 2. The summed E-state index contributed by atoms with van der Waals surface area (Å²) in [7, 11) is 1.33. The van der Waals surface area contributed by atoms with Gasteiger partial charge < -0.3 is 24.9 Å². The second-order valence-corrected chi connectivity index (χ2v) is 11.0. The van der Waals surface area contributed by atoms with Crippen molar-refractivity contribution in [2.24, 2.45) is 0 Å². The molecule has 9 nitrogen and oxygen atoms in total. The molecule has 0 saturated heterocycles. The van der Waals surface area contributed by atoms with Crippen LogP contribution < -0.4 is 10.6 Å². The van der Waals surface area contributed by atoms with Crippen molar-refractivity contribution in [1.82, 2.24) is 19.9 Å². The van der Waals surface area contributed by atoms with Crippen molar-refractivity contribution in [2.75, 3.05) is 24.4 Å². The summed E-state index contributed by atoms with van der Waals surface area (Å²) in [6.07, 6.45) is 6.05. The first kappa shape index (κ1) is 29.5. The number of imidazole rings is 1. The Labute approximate surface area is 254 Å². The molecule has 3 aromatic carbocycles. The number of aromatic nitrogens is 3. The minimum Gasteiger partial charge on any atom is -0.467 e. The summed E-state index contributed by atoms with van der Waals surface area (Å²) in [6.45, 7) is 1.18. The first-order chi connectivity index (χ1) is 21.0. The lowest BCUT2D eigenvalue weighted by molar-refractivity contribution is -0.142. The molecule has 0 aliphatic rings. The highest BCUT2D eigenvalue weighted by atomic mass is 32.2. The predicted octanol–water partition coefficient (Wildman–Crippen LogP) is 5.59. The molecule has 2 aromatic heterocycles. The van der Waals surface area contributed by atoms with Crippen molar-refractivity contribution in [3.8, 4) is 17.2 Å². The fourth-order valence-corrected chi connectivity index (χ4v) is 5.42. The van der Waals surface area contributed by atoms with Crippen molar-refractivity contribution >= 4 is 40.2 Å². The molecule has 1 atom stereocenters. The molecule has 3 N–H and O–H groups in total. The maximum Gasteiger partial charge on any atom is 0.328 e. The van der Waals surface area contributed by atoms with Crippen LogP contribution in [0.25, 0.3) is 22.0 Å². The number of hydrogen-bond donors (Lipinski definition) is 3. The highest BCUT2D eigenvalue weighted by molar-refractivity contribution is 7.98. The fraction of sp³-hybridized carbons (Fsp3) is 0.212. The van der Waals surface area contributed by atoms with Crippen LogP contribution >= 0.6 is 11.8 Å². The molecule has 1 amide bonds. The summed E-state index contributed by atoms with van der Waals surface area (Å²) in [4.78, 5) is 33.6. The maximum atomic E-state index is 13.6. The van der Waals surface area contributed by atoms with Gasteiger partial charge in [-0.15, -0.1) is 0 Å². The molecule has 0 saturated carbocycles. The Kier molecular flexibility index (Phi) is 9.44. The van der Waals surface area contributed by atoms with Gasteiger partial charge in [-0.1, -0.05) is 42.5 Å². The van der Waals surface area contributed by atoms with Gasteiger partial charge in [0.15, 0.2) is 0 Å². The molecule has 0 aliphatic heterocycles.